The summed E-state index contributed by atoms with van der Waals surface area (Å²) in [6, 6.07) is 7.62. The third-order valence-electron chi connectivity index (χ3n) is 3.49. The maximum atomic E-state index is 11.8. The van der Waals surface area contributed by atoms with Crippen LogP contribution in [0.25, 0.3) is 0 Å². The van der Waals surface area contributed by atoms with Crippen LogP contribution in [0.2, 0.25) is 0 Å². The number of carbonyl (C=O) groups excluding carboxylic acids is 1. The summed E-state index contributed by atoms with van der Waals surface area (Å²) < 4.78 is 5.14. The van der Waals surface area contributed by atoms with Crippen LogP contribution in [0.5, 0.6) is 5.75 Å². The Labute approximate surface area is 111 Å². The number of benzene rings is 1. The summed E-state index contributed by atoms with van der Waals surface area (Å²) in [5, 5.41) is 10.0. The van der Waals surface area contributed by atoms with Crippen molar-refractivity contribution in [2.75, 3.05) is 25.2 Å². The van der Waals surface area contributed by atoms with Gasteiger partial charge in [0.1, 0.15) is 18.5 Å². The van der Waals surface area contributed by atoms with Gasteiger partial charge in [-0.3, -0.25) is 4.79 Å². The van der Waals surface area contributed by atoms with E-state index in [1.165, 1.54) is 0 Å². The maximum absolute atomic E-state index is 11.8. The lowest BCUT2D eigenvalue weighted by molar-refractivity contribution is -0.129. The van der Waals surface area contributed by atoms with Crippen molar-refractivity contribution in [1.29, 1.82) is 0 Å². The minimum Gasteiger partial charge on any atom is -0.497 e. The summed E-state index contributed by atoms with van der Waals surface area (Å²) in [5.74, 6) is 0.990. The first-order valence-corrected chi connectivity index (χ1v) is 6.40. The van der Waals surface area contributed by atoms with Gasteiger partial charge in [0.15, 0.2) is 0 Å². The molecule has 1 atom stereocenters. The van der Waals surface area contributed by atoms with Crippen LogP contribution < -0.4 is 9.75 Å². The van der Waals surface area contributed by atoms with E-state index in [9.17, 15) is 4.79 Å². The van der Waals surface area contributed by atoms with Crippen LogP contribution in [0.4, 0.5) is 5.69 Å². The van der Waals surface area contributed by atoms with E-state index in [1.807, 2.05) is 34.2 Å². The quantitative estimate of drug-likeness (QED) is 0.833. The number of rotatable bonds is 3. The second-order valence-electron chi connectivity index (χ2n) is 4.63. The second-order valence-corrected chi connectivity index (χ2v) is 4.63. The number of amides is 1. The minimum absolute atomic E-state index is 0.0802. The summed E-state index contributed by atoms with van der Waals surface area (Å²) in [7, 11) is 1.64. The molecule has 2 aliphatic rings. The lowest BCUT2D eigenvalue weighted by Crippen LogP contribution is -2.46. The van der Waals surface area contributed by atoms with Crippen molar-refractivity contribution in [3.05, 3.63) is 24.3 Å². The Balaban J connectivity index is 1.81. The molecule has 1 unspecified atom stereocenters. The molecule has 3 rings (SSSR count). The van der Waals surface area contributed by atoms with Crippen molar-refractivity contribution in [3.8, 4) is 5.75 Å². The van der Waals surface area contributed by atoms with Crippen LogP contribution in [0, 0.1) is 0 Å². The lowest BCUT2D eigenvalue weighted by Gasteiger charge is -2.29. The molecule has 6 nitrogen and oxygen atoms in total. The fourth-order valence-electron chi connectivity index (χ4n) is 2.49. The predicted molar refractivity (Wildman–Crippen MR) is 69.9 cm³/mol. The smallest absolute Gasteiger partial charge is 0.224 e. The van der Waals surface area contributed by atoms with E-state index in [2.05, 4.69) is 10.3 Å². The molecular weight excluding hydrogens is 244 g/mol. The van der Waals surface area contributed by atoms with Gasteiger partial charge in [-0.1, -0.05) is 5.22 Å². The zero-order valence-electron chi connectivity index (χ0n) is 10.8. The minimum atomic E-state index is -0.0802. The molecule has 2 heterocycles. The number of ether oxygens (including phenoxy) is 1. The van der Waals surface area contributed by atoms with Crippen LogP contribution in [-0.4, -0.2) is 37.2 Å². The Bertz CT molecular complexity index is 500. The first kappa shape index (κ1) is 12.0. The Hall–Kier alpha value is -2.11. The molecule has 6 heteroatoms. The number of nitrogens with zero attached hydrogens (tertiary/aromatic N) is 4. The third-order valence-corrected chi connectivity index (χ3v) is 3.49. The van der Waals surface area contributed by atoms with Crippen molar-refractivity contribution in [2.24, 2.45) is 10.3 Å². The van der Waals surface area contributed by atoms with Crippen molar-refractivity contribution in [2.45, 2.75) is 19.0 Å². The van der Waals surface area contributed by atoms with E-state index in [-0.39, 0.29) is 12.1 Å². The summed E-state index contributed by atoms with van der Waals surface area (Å²) in [5.41, 5.74) is 0.923. The first-order valence-electron chi connectivity index (χ1n) is 6.40. The normalized spacial score (nSPS) is 22.4. The zero-order valence-corrected chi connectivity index (χ0v) is 10.8. The van der Waals surface area contributed by atoms with Crippen molar-refractivity contribution in [3.63, 3.8) is 0 Å². The molecule has 0 bridgehead atoms. The molecule has 1 aromatic carbocycles. The largest absolute Gasteiger partial charge is 0.497 e. The van der Waals surface area contributed by atoms with Gasteiger partial charge in [-0.05, 0) is 30.7 Å². The third kappa shape index (κ3) is 2.14. The molecule has 1 saturated heterocycles. The van der Waals surface area contributed by atoms with Gasteiger partial charge in [0.2, 0.25) is 5.91 Å². The molecule has 1 fully saturated rings. The van der Waals surface area contributed by atoms with Gasteiger partial charge >= 0.3 is 0 Å². The van der Waals surface area contributed by atoms with Crippen LogP contribution in [0.15, 0.2) is 34.6 Å². The highest BCUT2D eigenvalue weighted by Gasteiger charge is 2.35. The van der Waals surface area contributed by atoms with Gasteiger partial charge in [-0.2, -0.15) is 5.11 Å². The topological polar surface area (TPSA) is 57.5 Å². The molecule has 0 aliphatic carbocycles. The average molecular weight is 260 g/mol. The van der Waals surface area contributed by atoms with Crippen LogP contribution in [-0.2, 0) is 4.79 Å². The summed E-state index contributed by atoms with van der Waals surface area (Å²) in [6.07, 6.45) is 1.47. The molecule has 0 aromatic heterocycles. The van der Waals surface area contributed by atoms with Gasteiger partial charge in [0, 0.05) is 13.0 Å². The lowest BCUT2D eigenvalue weighted by atomic mass is 10.2. The van der Waals surface area contributed by atoms with Crippen LogP contribution in [0.3, 0.4) is 0 Å². The Morgan fingerprint density at radius 3 is 2.74 bits per heavy atom. The van der Waals surface area contributed by atoms with Gasteiger partial charge in [0.25, 0.3) is 0 Å². The monoisotopic (exact) mass is 260 g/mol. The highest BCUT2D eigenvalue weighted by molar-refractivity contribution is 5.79. The SMILES string of the molecule is COc1ccc(N2N=NCC2N2CCCC2=O)cc1. The summed E-state index contributed by atoms with van der Waals surface area (Å²) >= 11 is 0. The number of hydrogen-bond acceptors (Lipinski definition) is 5. The molecule has 2 aliphatic heterocycles. The molecule has 100 valence electrons. The van der Waals surface area contributed by atoms with Gasteiger partial charge in [0.05, 0.1) is 12.8 Å². The molecule has 0 radical (unpaired) electrons. The molecule has 1 amide bonds. The van der Waals surface area contributed by atoms with Crippen molar-refractivity contribution in [1.82, 2.24) is 4.90 Å². The number of likely N-dealkylation sites (tertiary alicyclic amines) is 1. The average Bonchev–Trinajstić information content (AvgIpc) is 3.07. The molecule has 0 spiro atoms. The fourth-order valence-corrected chi connectivity index (χ4v) is 2.49. The molecule has 19 heavy (non-hydrogen) atoms. The zero-order chi connectivity index (χ0) is 13.2. The van der Waals surface area contributed by atoms with Crippen LogP contribution in [0.1, 0.15) is 12.8 Å². The number of carbonyl (C=O) groups is 1. The fraction of sp³-hybridized carbons (Fsp3) is 0.462. The second kappa shape index (κ2) is 4.87. The Kier molecular flexibility index (Phi) is 3.06. The van der Waals surface area contributed by atoms with Gasteiger partial charge in [-0.25, -0.2) is 5.01 Å². The van der Waals surface area contributed by atoms with Gasteiger partial charge in [-0.15, -0.1) is 0 Å². The van der Waals surface area contributed by atoms with E-state index in [0.29, 0.717) is 13.0 Å². The van der Waals surface area contributed by atoms with E-state index >= 15 is 0 Å². The number of hydrogen-bond donors (Lipinski definition) is 0. The molecule has 0 N–H and O–H groups in total. The molecule has 0 saturated carbocycles. The van der Waals surface area contributed by atoms with Gasteiger partial charge < -0.3 is 9.64 Å². The first-order chi connectivity index (χ1) is 9.29. The van der Waals surface area contributed by atoms with Crippen molar-refractivity contribution >= 4 is 11.6 Å². The standard InChI is InChI=1S/C13H16N4O2/c1-19-11-6-4-10(5-7-11)17-12(9-14-15-17)16-8-2-3-13(16)18/h4-7,12H,2-3,8-9H2,1H3. The summed E-state index contributed by atoms with van der Waals surface area (Å²) in [4.78, 5) is 13.7. The summed E-state index contributed by atoms with van der Waals surface area (Å²) in [6.45, 7) is 1.33. The highest BCUT2D eigenvalue weighted by Crippen LogP contribution is 2.28. The molecule has 1 aromatic rings. The van der Waals surface area contributed by atoms with E-state index in [1.54, 1.807) is 7.11 Å². The van der Waals surface area contributed by atoms with E-state index in [0.717, 1.165) is 24.4 Å². The number of anilines is 1. The van der Waals surface area contributed by atoms with Crippen LogP contribution >= 0.6 is 0 Å². The predicted octanol–water partition coefficient (Wildman–Crippen LogP) is 1.83. The molecular formula is C13H16N4O2. The van der Waals surface area contributed by atoms with E-state index < -0.39 is 0 Å². The number of methoxy groups -OCH3 is 1. The highest BCUT2D eigenvalue weighted by atomic mass is 16.5. The Morgan fingerprint density at radius 2 is 2.11 bits per heavy atom. The Morgan fingerprint density at radius 1 is 1.32 bits per heavy atom. The maximum Gasteiger partial charge on any atom is 0.224 e. The van der Waals surface area contributed by atoms with E-state index in [4.69, 9.17) is 4.74 Å². The van der Waals surface area contributed by atoms with Crippen molar-refractivity contribution < 1.29 is 9.53 Å².